The van der Waals surface area contributed by atoms with Gasteiger partial charge in [0.25, 0.3) is 0 Å². The highest BCUT2D eigenvalue weighted by atomic mass is 14.7. The summed E-state index contributed by atoms with van der Waals surface area (Å²) >= 11 is 0. The largest absolute Gasteiger partial charge is 0.329 e. The normalized spacial score (nSPS) is 19.4. The minimum atomic E-state index is 0.184. The van der Waals surface area contributed by atoms with E-state index in [0.29, 0.717) is 12.5 Å². The summed E-state index contributed by atoms with van der Waals surface area (Å²) in [5.41, 5.74) is 11.3. The fourth-order valence-electron chi connectivity index (χ4n) is 1.21. The van der Waals surface area contributed by atoms with Gasteiger partial charge < -0.3 is 11.5 Å². The van der Waals surface area contributed by atoms with Gasteiger partial charge in [-0.15, -0.1) is 0 Å². The van der Waals surface area contributed by atoms with Crippen molar-refractivity contribution in [3.8, 4) is 0 Å². The van der Waals surface area contributed by atoms with Gasteiger partial charge in [0.15, 0.2) is 0 Å². The summed E-state index contributed by atoms with van der Waals surface area (Å²) < 4.78 is 0. The fraction of sp³-hybridized carbons (Fsp3) is 1.00. The van der Waals surface area contributed by atoms with E-state index in [0.717, 1.165) is 5.92 Å². The summed E-state index contributed by atoms with van der Waals surface area (Å²) in [6.45, 7) is 7.27. The quantitative estimate of drug-likeness (QED) is 0.634. The smallest absolute Gasteiger partial charge is 0.0189 e. The molecule has 0 amide bonds. The zero-order chi connectivity index (χ0) is 8.85. The molecule has 0 aromatic rings. The standard InChI is InChI=1S/C9H22N2/c1-4-7(2)5-8(3)9(11)6-10/h7-9H,4-6,10-11H2,1-3H3/t7-,8+,9-/m1/s1. The maximum absolute atomic E-state index is 5.79. The van der Waals surface area contributed by atoms with Crippen molar-refractivity contribution in [2.24, 2.45) is 23.3 Å². The molecule has 0 fully saturated rings. The number of hydrogen-bond acceptors (Lipinski definition) is 2. The van der Waals surface area contributed by atoms with Crippen LogP contribution in [0.15, 0.2) is 0 Å². The Morgan fingerprint density at radius 1 is 1.27 bits per heavy atom. The molecular weight excluding hydrogens is 136 g/mol. The van der Waals surface area contributed by atoms with Crippen LogP contribution in [0.1, 0.15) is 33.6 Å². The monoisotopic (exact) mass is 158 g/mol. The van der Waals surface area contributed by atoms with Gasteiger partial charge in [-0.3, -0.25) is 0 Å². The van der Waals surface area contributed by atoms with E-state index in [1.165, 1.54) is 12.8 Å². The highest BCUT2D eigenvalue weighted by Crippen LogP contribution is 2.16. The summed E-state index contributed by atoms with van der Waals surface area (Å²) in [5, 5.41) is 0. The highest BCUT2D eigenvalue weighted by molar-refractivity contribution is 4.71. The molecule has 3 atom stereocenters. The van der Waals surface area contributed by atoms with Crippen LogP contribution in [-0.2, 0) is 0 Å². The number of hydrogen-bond donors (Lipinski definition) is 2. The van der Waals surface area contributed by atoms with E-state index >= 15 is 0 Å². The minimum Gasteiger partial charge on any atom is -0.329 e. The molecule has 11 heavy (non-hydrogen) atoms. The Hall–Kier alpha value is -0.0800. The molecule has 0 bridgehead atoms. The van der Waals surface area contributed by atoms with Gasteiger partial charge >= 0.3 is 0 Å². The molecule has 0 aliphatic rings. The van der Waals surface area contributed by atoms with Crippen LogP contribution >= 0.6 is 0 Å². The Labute approximate surface area is 70.3 Å². The third-order valence-corrected chi connectivity index (χ3v) is 2.47. The van der Waals surface area contributed by atoms with Crippen molar-refractivity contribution in [2.45, 2.75) is 39.7 Å². The molecule has 0 radical (unpaired) electrons. The van der Waals surface area contributed by atoms with Crippen molar-refractivity contribution in [3.63, 3.8) is 0 Å². The summed E-state index contributed by atoms with van der Waals surface area (Å²) in [7, 11) is 0. The summed E-state index contributed by atoms with van der Waals surface area (Å²) in [6.07, 6.45) is 2.44. The third kappa shape index (κ3) is 4.38. The second-order valence-corrected chi connectivity index (χ2v) is 3.63. The molecule has 2 heteroatoms. The molecule has 0 spiro atoms. The molecule has 0 saturated carbocycles. The van der Waals surface area contributed by atoms with E-state index in [1.807, 2.05) is 0 Å². The van der Waals surface area contributed by atoms with Gasteiger partial charge in [0.2, 0.25) is 0 Å². The van der Waals surface area contributed by atoms with Crippen molar-refractivity contribution >= 4 is 0 Å². The van der Waals surface area contributed by atoms with Crippen LogP contribution < -0.4 is 11.5 Å². The van der Waals surface area contributed by atoms with Gasteiger partial charge in [-0.2, -0.15) is 0 Å². The van der Waals surface area contributed by atoms with Crippen molar-refractivity contribution in [1.82, 2.24) is 0 Å². The van der Waals surface area contributed by atoms with Crippen molar-refractivity contribution in [1.29, 1.82) is 0 Å². The van der Waals surface area contributed by atoms with Crippen LogP contribution in [0.2, 0.25) is 0 Å². The lowest BCUT2D eigenvalue weighted by atomic mass is 9.90. The van der Waals surface area contributed by atoms with Crippen LogP contribution in [0, 0.1) is 11.8 Å². The first kappa shape index (κ1) is 10.9. The van der Waals surface area contributed by atoms with Crippen LogP contribution in [0.4, 0.5) is 0 Å². The molecule has 0 rings (SSSR count). The average molecular weight is 158 g/mol. The zero-order valence-corrected chi connectivity index (χ0v) is 8.01. The molecule has 0 aromatic carbocycles. The first-order chi connectivity index (χ1) is 5.11. The van der Waals surface area contributed by atoms with E-state index in [4.69, 9.17) is 11.5 Å². The van der Waals surface area contributed by atoms with Crippen LogP contribution in [0.5, 0.6) is 0 Å². The van der Waals surface area contributed by atoms with E-state index in [-0.39, 0.29) is 6.04 Å². The molecule has 0 saturated heterocycles. The van der Waals surface area contributed by atoms with Gasteiger partial charge in [-0.05, 0) is 18.3 Å². The van der Waals surface area contributed by atoms with Crippen molar-refractivity contribution in [3.05, 3.63) is 0 Å². The van der Waals surface area contributed by atoms with Gasteiger partial charge in [0, 0.05) is 12.6 Å². The van der Waals surface area contributed by atoms with Gasteiger partial charge in [0.05, 0.1) is 0 Å². The molecule has 68 valence electrons. The maximum Gasteiger partial charge on any atom is 0.0189 e. The predicted octanol–water partition coefficient (Wildman–Crippen LogP) is 1.34. The predicted molar refractivity (Wildman–Crippen MR) is 50.3 cm³/mol. The first-order valence-electron chi connectivity index (χ1n) is 4.57. The summed E-state index contributed by atoms with van der Waals surface area (Å²) in [6, 6.07) is 0.184. The van der Waals surface area contributed by atoms with Crippen molar-refractivity contribution in [2.75, 3.05) is 6.54 Å². The van der Waals surface area contributed by atoms with E-state index in [9.17, 15) is 0 Å². The van der Waals surface area contributed by atoms with E-state index in [1.54, 1.807) is 0 Å². The summed E-state index contributed by atoms with van der Waals surface area (Å²) in [5.74, 6) is 1.34. The lowest BCUT2D eigenvalue weighted by molar-refractivity contribution is 0.355. The number of nitrogens with two attached hydrogens (primary N) is 2. The molecule has 0 aliphatic heterocycles. The van der Waals surface area contributed by atoms with Crippen LogP contribution in [-0.4, -0.2) is 12.6 Å². The highest BCUT2D eigenvalue weighted by Gasteiger charge is 2.13. The Balaban J connectivity index is 3.58. The zero-order valence-electron chi connectivity index (χ0n) is 8.01. The molecular formula is C9H22N2. The third-order valence-electron chi connectivity index (χ3n) is 2.47. The molecule has 0 unspecified atom stereocenters. The van der Waals surface area contributed by atoms with Gasteiger partial charge in [-0.1, -0.05) is 27.2 Å². The SMILES string of the molecule is CC[C@@H](C)C[C@H](C)[C@H](N)CN. The Morgan fingerprint density at radius 2 is 1.82 bits per heavy atom. The fourth-order valence-corrected chi connectivity index (χ4v) is 1.21. The molecule has 2 nitrogen and oxygen atoms in total. The Kier molecular flexibility index (Phi) is 5.51. The minimum absolute atomic E-state index is 0.184. The second-order valence-electron chi connectivity index (χ2n) is 3.63. The van der Waals surface area contributed by atoms with E-state index < -0.39 is 0 Å². The van der Waals surface area contributed by atoms with Crippen LogP contribution in [0.3, 0.4) is 0 Å². The summed E-state index contributed by atoms with van der Waals surface area (Å²) in [4.78, 5) is 0. The van der Waals surface area contributed by atoms with Gasteiger partial charge in [0.1, 0.15) is 0 Å². The molecule has 0 aliphatic carbocycles. The molecule has 0 heterocycles. The van der Waals surface area contributed by atoms with Crippen molar-refractivity contribution < 1.29 is 0 Å². The Morgan fingerprint density at radius 3 is 2.18 bits per heavy atom. The molecule has 0 aromatic heterocycles. The second kappa shape index (κ2) is 5.56. The Bertz CT molecular complexity index is 93.6. The first-order valence-corrected chi connectivity index (χ1v) is 4.57. The average Bonchev–Trinajstić information content (AvgIpc) is 2.02. The molecule has 4 N–H and O–H groups in total. The van der Waals surface area contributed by atoms with Crippen LogP contribution in [0.25, 0.3) is 0 Å². The maximum atomic E-state index is 5.79. The van der Waals surface area contributed by atoms with Gasteiger partial charge in [-0.25, -0.2) is 0 Å². The topological polar surface area (TPSA) is 52.0 Å². The van der Waals surface area contributed by atoms with E-state index in [2.05, 4.69) is 20.8 Å². The lowest BCUT2D eigenvalue weighted by Crippen LogP contribution is -2.36. The number of rotatable bonds is 5. The lowest BCUT2D eigenvalue weighted by Gasteiger charge is -2.20.